The molecule has 1 amide bonds. The fourth-order valence-electron chi connectivity index (χ4n) is 3.21. The molecule has 0 unspecified atom stereocenters. The number of amides is 1. The molecule has 0 saturated heterocycles. The number of methoxy groups -OCH3 is 1. The normalized spacial score (nSPS) is 25.2. The Hall–Kier alpha value is -0.610. The molecule has 2 aliphatic carbocycles. The van der Waals surface area contributed by atoms with Crippen molar-refractivity contribution in [1.82, 2.24) is 5.32 Å². The van der Waals surface area contributed by atoms with Gasteiger partial charge in [-0.25, -0.2) is 0 Å². The van der Waals surface area contributed by atoms with Gasteiger partial charge in [-0.2, -0.15) is 0 Å². The minimum absolute atomic E-state index is 0.0347. The summed E-state index contributed by atoms with van der Waals surface area (Å²) in [4.78, 5) is 12.1. The van der Waals surface area contributed by atoms with Gasteiger partial charge in [-0.1, -0.05) is 19.3 Å². The summed E-state index contributed by atoms with van der Waals surface area (Å²) >= 11 is 0. The van der Waals surface area contributed by atoms with Gasteiger partial charge in [0.1, 0.15) is 0 Å². The summed E-state index contributed by atoms with van der Waals surface area (Å²) in [5, 5.41) is 12.6. The van der Waals surface area contributed by atoms with Crippen LogP contribution >= 0.6 is 0 Å². The monoisotopic (exact) mass is 255 g/mol. The molecule has 0 atom stereocenters. The number of rotatable bonds is 5. The van der Waals surface area contributed by atoms with Gasteiger partial charge >= 0.3 is 0 Å². The van der Waals surface area contributed by atoms with Gasteiger partial charge in [-0.15, -0.1) is 0 Å². The molecule has 2 saturated carbocycles. The van der Waals surface area contributed by atoms with Crippen LogP contribution in [-0.2, 0) is 9.53 Å². The van der Waals surface area contributed by atoms with Gasteiger partial charge in [0.2, 0.25) is 5.91 Å². The van der Waals surface area contributed by atoms with Crippen molar-refractivity contribution in [3.63, 3.8) is 0 Å². The zero-order chi connectivity index (χ0) is 13.1. The molecule has 4 nitrogen and oxygen atoms in total. The molecular formula is C14H25NO3. The van der Waals surface area contributed by atoms with Crippen LogP contribution in [-0.4, -0.2) is 35.9 Å². The largest absolute Gasteiger partial charge is 0.394 e. The Bertz CT molecular complexity index is 288. The lowest BCUT2D eigenvalue weighted by atomic mass is 9.76. The first-order valence-corrected chi connectivity index (χ1v) is 7.11. The van der Waals surface area contributed by atoms with Crippen LogP contribution < -0.4 is 5.32 Å². The van der Waals surface area contributed by atoms with Crippen LogP contribution in [0.5, 0.6) is 0 Å². The summed E-state index contributed by atoms with van der Waals surface area (Å²) < 4.78 is 5.48. The van der Waals surface area contributed by atoms with Gasteiger partial charge in [0.25, 0.3) is 0 Å². The summed E-state index contributed by atoms with van der Waals surface area (Å²) in [6, 6.07) is 0. The molecule has 0 spiro atoms. The number of carbonyl (C=O) groups is 1. The predicted molar refractivity (Wildman–Crippen MR) is 69.3 cm³/mol. The third kappa shape index (κ3) is 2.86. The van der Waals surface area contributed by atoms with Crippen molar-refractivity contribution in [2.75, 3.05) is 13.7 Å². The predicted octanol–water partition coefficient (Wildman–Crippen LogP) is 1.76. The van der Waals surface area contributed by atoms with Gasteiger partial charge in [0.15, 0.2) is 0 Å². The number of hydrogen-bond acceptors (Lipinski definition) is 3. The van der Waals surface area contributed by atoms with Gasteiger partial charge in [-0.05, 0) is 32.1 Å². The molecule has 2 rings (SSSR count). The van der Waals surface area contributed by atoms with Crippen molar-refractivity contribution in [2.45, 2.75) is 68.9 Å². The van der Waals surface area contributed by atoms with E-state index in [0.29, 0.717) is 6.42 Å². The average Bonchev–Trinajstić information content (AvgIpc) is 2.35. The molecule has 104 valence electrons. The van der Waals surface area contributed by atoms with E-state index in [2.05, 4.69) is 5.32 Å². The maximum absolute atomic E-state index is 12.1. The first kappa shape index (κ1) is 13.8. The second-order valence-electron chi connectivity index (χ2n) is 5.96. The standard InChI is InChI=1S/C14H25NO3/c1-18-14(8-5-9-14)10-12(17)15-13(11-16)6-3-2-4-7-13/h16H,2-11H2,1H3,(H,15,17). The zero-order valence-corrected chi connectivity index (χ0v) is 11.3. The van der Waals surface area contributed by atoms with E-state index in [1.54, 1.807) is 7.11 Å². The number of hydrogen-bond donors (Lipinski definition) is 2. The molecule has 0 aliphatic heterocycles. The lowest BCUT2D eigenvalue weighted by molar-refractivity contribution is -0.137. The molecule has 18 heavy (non-hydrogen) atoms. The van der Waals surface area contributed by atoms with Crippen LogP contribution in [0.15, 0.2) is 0 Å². The molecule has 0 bridgehead atoms. The van der Waals surface area contributed by atoms with Crippen molar-refractivity contribution in [2.24, 2.45) is 0 Å². The first-order chi connectivity index (χ1) is 8.64. The van der Waals surface area contributed by atoms with Crippen molar-refractivity contribution in [3.05, 3.63) is 0 Å². The fraction of sp³-hybridized carbons (Fsp3) is 0.929. The summed E-state index contributed by atoms with van der Waals surface area (Å²) in [7, 11) is 1.69. The molecule has 4 heteroatoms. The third-order valence-corrected chi connectivity index (χ3v) is 4.70. The Balaban J connectivity index is 1.89. The topological polar surface area (TPSA) is 58.6 Å². The molecule has 0 aromatic carbocycles. The smallest absolute Gasteiger partial charge is 0.223 e. The van der Waals surface area contributed by atoms with E-state index in [9.17, 15) is 9.90 Å². The number of aliphatic hydroxyl groups is 1. The summed E-state index contributed by atoms with van der Waals surface area (Å²) in [5.74, 6) is 0.0347. The van der Waals surface area contributed by atoms with E-state index < -0.39 is 0 Å². The number of nitrogens with one attached hydrogen (secondary N) is 1. The molecule has 0 aromatic rings. The van der Waals surface area contributed by atoms with Gasteiger partial charge in [0.05, 0.1) is 24.2 Å². The number of ether oxygens (including phenoxy) is 1. The molecule has 0 heterocycles. The van der Waals surface area contributed by atoms with E-state index >= 15 is 0 Å². The molecule has 2 N–H and O–H groups in total. The number of aliphatic hydroxyl groups excluding tert-OH is 1. The van der Waals surface area contributed by atoms with E-state index in [1.807, 2.05) is 0 Å². The van der Waals surface area contributed by atoms with Crippen molar-refractivity contribution < 1.29 is 14.6 Å². The minimum Gasteiger partial charge on any atom is -0.394 e. The average molecular weight is 255 g/mol. The Morgan fingerprint density at radius 2 is 1.83 bits per heavy atom. The first-order valence-electron chi connectivity index (χ1n) is 7.11. The Morgan fingerprint density at radius 1 is 1.17 bits per heavy atom. The van der Waals surface area contributed by atoms with E-state index in [0.717, 1.165) is 44.9 Å². The highest BCUT2D eigenvalue weighted by atomic mass is 16.5. The second kappa shape index (κ2) is 5.57. The highest BCUT2D eigenvalue weighted by molar-refractivity contribution is 5.78. The molecule has 0 aromatic heterocycles. The molecule has 0 radical (unpaired) electrons. The van der Waals surface area contributed by atoms with Crippen LogP contribution in [0.1, 0.15) is 57.8 Å². The van der Waals surface area contributed by atoms with Gasteiger partial charge in [0, 0.05) is 7.11 Å². The van der Waals surface area contributed by atoms with Crippen molar-refractivity contribution in [3.8, 4) is 0 Å². The fourth-order valence-corrected chi connectivity index (χ4v) is 3.21. The second-order valence-corrected chi connectivity index (χ2v) is 5.96. The van der Waals surface area contributed by atoms with Gasteiger partial charge < -0.3 is 15.2 Å². The summed E-state index contributed by atoms with van der Waals surface area (Å²) in [6.45, 7) is 0.0543. The van der Waals surface area contributed by atoms with Crippen LogP contribution in [0.3, 0.4) is 0 Å². The number of carbonyl (C=O) groups excluding carboxylic acids is 1. The van der Waals surface area contributed by atoms with Crippen molar-refractivity contribution >= 4 is 5.91 Å². The van der Waals surface area contributed by atoms with E-state index in [1.165, 1.54) is 6.42 Å². The van der Waals surface area contributed by atoms with Crippen LogP contribution in [0.25, 0.3) is 0 Å². The van der Waals surface area contributed by atoms with Crippen molar-refractivity contribution in [1.29, 1.82) is 0 Å². The Kier molecular flexibility index (Phi) is 4.28. The Morgan fingerprint density at radius 3 is 2.28 bits per heavy atom. The molecule has 2 aliphatic rings. The quantitative estimate of drug-likeness (QED) is 0.787. The summed E-state index contributed by atoms with van der Waals surface area (Å²) in [5.41, 5.74) is -0.594. The van der Waals surface area contributed by atoms with E-state index in [-0.39, 0.29) is 23.7 Å². The summed E-state index contributed by atoms with van der Waals surface area (Å²) in [6.07, 6.45) is 8.72. The SMILES string of the molecule is COC1(CC(=O)NC2(CO)CCCCC2)CCC1. The highest BCUT2D eigenvalue weighted by Gasteiger charge is 2.41. The highest BCUT2D eigenvalue weighted by Crippen LogP contribution is 2.38. The zero-order valence-electron chi connectivity index (χ0n) is 11.3. The van der Waals surface area contributed by atoms with Crippen LogP contribution in [0.2, 0.25) is 0 Å². The third-order valence-electron chi connectivity index (χ3n) is 4.70. The maximum atomic E-state index is 12.1. The maximum Gasteiger partial charge on any atom is 0.223 e. The lowest BCUT2D eigenvalue weighted by Crippen LogP contribution is -2.55. The van der Waals surface area contributed by atoms with Crippen LogP contribution in [0.4, 0.5) is 0 Å². The van der Waals surface area contributed by atoms with Gasteiger partial charge in [-0.3, -0.25) is 4.79 Å². The van der Waals surface area contributed by atoms with E-state index in [4.69, 9.17) is 4.74 Å². The Labute approximate surface area is 109 Å². The lowest BCUT2D eigenvalue weighted by Gasteiger charge is -2.42. The minimum atomic E-state index is -0.367. The molecule has 2 fully saturated rings. The van der Waals surface area contributed by atoms with Crippen LogP contribution in [0, 0.1) is 0 Å². The molecular weight excluding hydrogens is 230 g/mol.